The second kappa shape index (κ2) is 12.3. The van der Waals surface area contributed by atoms with Gasteiger partial charge in [-0.2, -0.15) is 0 Å². The summed E-state index contributed by atoms with van der Waals surface area (Å²) in [6, 6.07) is 0. The van der Waals surface area contributed by atoms with E-state index < -0.39 is 17.6 Å². The fourth-order valence-electron chi connectivity index (χ4n) is 1.36. The molecule has 0 aliphatic carbocycles. The zero-order valence-corrected chi connectivity index (χ0v) is 14.9. The molecule has 110 valence electrons. The Hall–Kier alpha value is 0.274. The van der Waals surface area contributed by atoms with Gasteiger partial charge in [0.1, 0.15) is 0 Å². The lowest BCUT2D eigenvalue weighted by atomic mass is 10.5. The third kappa shape index (κ3) is 8.39. The maximum atomic E-state index is 5.96. The van der Waals surface area contributed by atoms with Gasteiger partial charge in [0.25, 0.3) is 9.28 Å². The van der Waals surface area contributed by atoms with E-state index in [2.05, 4.69) is 27.7 Å². The smallest absolute Gasteiger partial charge is 0.418 e. The van der Waals surface area contributed by atoms with Crippen LogP contribution in [0.15, 0.2) is 0 Å². The van der Waals surface area contributed by atoms with Crippen LogP contribution in [-0.4, -0.2) is 44.0 Å². The van der Waals surface area contributed by atoms with Crippen molar-refractivity contribution in [3.63, 3.8) is 0 Å². The standard InChI is InChI=1S/C12H30O4Si2/c1-5-9-13-17-18(14-10-6-2,15-11-7-3)16-12-8-4/h5-12,17H2,1-4H3. The molecule has 0 unspecified atom stereocenters. The van der Waals surface area contributed by atoms with Crippen molar-refractivity contribution >= 4 is 17.6 Å². The molecule has 0 bridgehead atoms. The molecule has 0 aromatic heterocycles. The van der Waals surface area contributed by atoms with E-state index in [-0.39, 0.29) is 0 Å². The Kier molecular flexibility index (Phi) is 12.5. The highest BCUT2D eigenvalue weighted by molar-refractivity contribution is 7.12. The van der Waals surface area contributed by atoms with E-state index >= 15 is 0 Å². The highest BCUT2D eigenvalue weighted by Crippen LogP contribution is 2.11. The van der Waals surface area contributed by atoms with Gasteiger partial charge in [-0.1, -0.05) is 27.7 Å². The van der Waals surface area contributed by atoms with E-state index in [9.17, 15) is 0 Å². The van der Waals surface area contributed by atoms with E-state index in [1.54, 1.807) is 0 Å². The zero-order valence-electron chi connectivity index (χ0n) is 12.5. The molecule has 0 atom stereocenters. The van der Waals surface area contributed by atoms with Gasteiger partial charge in [-0.15, -0.1) is 0 Å². The van der Waals surface area contributed by atoms with Crippen LogP contribution in [0.25, 0.3) is 0 Å². The fourth-order valence-corrected chi connectivity index (χ4v) is 7.32. The van der Waals surface area contributed by atoms with Crippen LogP contribution in [0.2, 0.25) is 0 Å². The third-order valence-corrected chi connectivity index (χ3v) is 8.49. The summed E-state index contributed by atoms with van der Waals surface area (Å²) in [5, 5.41) is 0. The Morgan fingerprint density at radius 3 is 1.39 bits per heavy atom. The summed E-state index contributed by atoms with van der Waals surface area (Å²) in [5.74, 6) is 0. The normalized spacial score (nSPS) is 12.7. The van der Waals surface area contributed by atoms with Crippen molar-refractivity contribution in [2.75, 3.05) is 26.4 Å². The number of rotatable bonds is 13. The molecule has 0 fully saturated rings. The monoisotopic (exact) mass is 294 g/mol. The highest BCUT2D eigenvalue weighted by Gasteiger charge is 2.41. The maximum Gasteiger partial charge on any atom is 0.495 e. The molecule has 0 saturated carbocycles. The summed E-state index contributed by atoms with van der Waals surface area (Å²) >= 11 is 0. The minimum absolute atomic E-state index is 0.710. The van der Waals surface area contributed by atoms with E-state index in [1.165, 1.54) is 0 Å². The molecule has 0 rings (SSSR count). The van der Waals surface area contributed by atoms with Gasteiger partial charge < -0.3 is 17.7 Å². The SMILES string of the molecule is CCCO[SiH2][Si](OCCC)(OCCC)OCCC. The average Bonchev–Trinajstić information content (AvgIpc) is 2.40. The van der Waals surface area contributed by atoms with Crippen molar-refractivity contribution in [2.45, 2.75) is 53.4 Å². The molecule has 0 spiro atoms. The van der Waals surface area contributed by atoms with E-state index in [4.69, 9.17) is 17.7 Å². The predicted molar refractivity (Wildman–Crippen MR) is 79.3 cm³/mol. The van der Waals surface area contributed by atoms with Crippen LogP contribution in [0.3, 0.4) is 0 Å². The van der Waals surface area contributed by atoms with E-state index in [0.717, 1.165) is 32.3 Å². The van der Waals surface area contributed by atoms with Crippen molar-refractivity contribution in [1.82, 2.24) is 0 Å². The Bertz CT molecular complexity index is 160. The van der Waals surface area contributed by atoms with E-state index in [0.29, 0.717) is 19.8 Å². The molecular weight excluding hydrogens is 264 g/mol. The summed E-state index contributed by atoms with van der Waals surface area (Å²) < 4.78 is 23.6. The Balaban J connectivity index is 4.41. The second-order valence-electron chi connectivity index (χ2n) is 4.28. The molecule has 4 nitrogen and oxygen atoms in total. The van der Waals surface area contributed by atoms with Gasteiger partial charge in [0.15, 0.2) is 0 Å². The highest BCUT2D eigenvalue weighted by atomic mass is 29.2. The van der Waals surface area contributed by atoms with Gasteiger partial charge in [0.2, 0.25) is 0 Å². The van der Waals surface area contributed by atoms with Crippen molar-refractivity contribution in [3.8, 4) is 0 Å². The molecule has 0 aromatic rings. The minimum Gasteiger partial charge on any atom is -0.418 e. The quantitative estimate of drug-likeness (QED) is 0.385. The maximum absolute atomic E-state index is 5.96. The first kappa shape index (κ1) is 18.3. The van der Waals surface area contributed by atoms with Crippen LogP contribution in [0.4, 0.5) is 0 Å². The first-order valence-corrected chi connectivity index (χ1v) is 11.9. The molecule has 0 saturated heterocycles. The van der Waals surface area contributed by atoms with Crippen LogP contribution in [0.1, 0.15) is 53.4 Å². The topological polar surface area (TPSA) is 36.9 Å². The van der Waals surface area contributed by atoms with Gasteiger partial charge in [0, 0.05) is 26.4 Å². The average molecular weight is 295 g/mol. The molecule has 0 radical (unpaired) electrons. The molecule has 0 aromatic carbocycles. The fraction of sp³-hybridized carbons (Fsp3) is 1.00. The van der Waals surface area contributed by atoms with Crippen LogP contribution in [0.5, 0.6) is 0 Å². The van der Waals surface area contributed by atoms with Crippen LogP contribution < -0.4 is 0 Å². The Morgan fingerprint density at radius 1 is 0.667 bits per heavy atom. The van der Waals surface area contributed by atoms with Crippen molar-refractivity contribution < 1.29 is 17.7 Å². The molecule has 6 heteroatoms. The molecule has 0 aliphatic heterocycles. The van der Waals surface area contributed by atoms with E-state index in [1.807, 2.05) is 0 Å². The lowest BCUT2D eigenvalue weighted by Gasteiger charge is -2.29. The molecular formula is C12H30O4Si2. The van der Waals surface area contributed by atoms with Gasteiger partial charge in [-0.3, -0.25) is 0 Å². The molecule has 0 amide bonds. The van der Waals surface area contributed by atoms with Gasteiger partial charge in [-0.25, -0.2) is 0 Å². The lowest BCUT2D eigenvalue weighted by Crippen LogP contribution is -2.53. The Morgan fingerprint density at radius 2 is 1.06 bits per heavy atom. The second-order valence-corrected chi connectivity index (χ2v) is 10.7. The largest absolute Gasteiger partial charge is 0.495 e. The third-order valence-electron chi connectivity index (χ3n) is 2.21. The van der Waals surface area contributed by atoms with Gasteiger partial charge >= 0.3 is 8.32 Å². The molecule has 18 heavy (non-hydrogen) atoms. The predicted octanol–water partition coefficient (Wildman–Crippen LogP) is 2.21. The van der Waals surface area contributed by atoms with Gasteiger partial charge in [-0.05, 0) is 25.7 Å². The summed E-state index contributed by atoms with van der Waals surface area (Å²) in [4.78, 5) is 0. The van der Waals surface area contributed by atoms with Gasteiger partial charge in [0.05, 0.1) is 0 Å². The Labute approximate surface area is 115 Å². The minimum atomic E-state index is -2.48. The summed E-state index contributed by atoms with van der Waals surface area (Å²) in [7, 11) is -3.36. The van der Waals surface area contributed by atoms with Crippen LogP contribution in [0, 0.1) is 0 Å². The van der Waals surface area contributed by atoms with Crippen molar-refractivity contribution in [3.05, 3.63) is 0 Å². The molecule has 0 aliphatic rings. The number of hydrogen-bond acceptors (Lipinski definition) is 4. The lowest BCUT2D eigenvalue weighted by molar-refractivity contribution is 0.0749. The van der Waals surface area contributed by atoms with Crippen LogP contribution in [-0.2, 0) is 17.7 Å². The summed E-state index contributed by atoms with van der Waals surface area (Å²) in [6.07, 6.45) is 4.00. The first-order valence-electron chi connectivity index (χ1n) is 7.24. The summed E-state index contributed by atoms with van der Waals surface area (Å²) in [5.41, 5.74) is 0. The van der Waals surface area contributed by atoms with Crippen molar-refractivity contribution in [1.29, 1.82) is 0 Å². The van der Waals surface area contributed by atoms with Crippen LogP contribution >= 0.6 is 0 Å². The first-order chi connectivity index (χ1) is 8.74. The number of hydrogen-bond donors (Lipinski definition) is 0. The zero-order chi connectivity index (χ0) is 13.7. The molecule has 0 heterocycles. The van der Waals surface area contributed by atoms with Crippen molar-refractivity contribution in [2.24, 2.45) is 0 Å². The molecule has 0 N–H and O–H groups in total. The summed E-state index contributed by atoms with van der Waals surface area (Å²) in [6.45, 7) is 11.4.